The zero-order valence-electron chi connectivity index (χ0n) is 9.11. The molecule has 0 aromatic heterocycles. The lowest BCUT2D eigenvalue weighted by atomic mass is 9.88. The zero-order valence-corrected chi connectivity index (χ0v) is 9.11. The van der Waals surface area contributed by atoms with E-state index in [1.165, 1.54) is 12.0 Å². The van der Waals surface area contributed by atoms with Crippen LogP contribution in [0.5, 0.6) is 0 Å². The Kier molecular flexibility index (Phi) is 3.54. The molecule has 0 spiro atoms. The molecule has 15 heavy (non-hydrogen) atoms. The number of ketones is 1. The molecule has 0 heterocycles. The Morgan fingerprint density at radius 2 is 2.20 bits per heavy atom. The third kappa shape index (κ3) is 2.92. The monoisotopic (exact) mass is 202 g/mol. The Morgan fingerprint density at radius 1 is 1.27 bits per heavy atom. The molecule has 0 saturated heterocycles. The lowest BCUT2D eigenvalue weighted by Crippen LogP contribution is -2.14. The summed E-state index contributed by atoms with van der Waals surface area (Å²) in [4.78, 5) is 11.9. The first-order valence-electron chi connectivity index (χ1n) is 5.91. The molecule has 0 radical (unpaired) electrons. The highest BCUT2D eigenvalue weighted by Crippen LogP contribution is 2.22. The maximum atomic E-state index is 11.9. The van der Waals surface area contributed by atoms with Crippen molar-refractivity contribution >= 4 is 5.78 Å². The first-order valence-corrected chi connectivity index (χ1v) is 5.91. The number of carbonyl (C=O) groups excluding carboxylic acids is 1. The van der Waals surface area contributed by atoms with Crippen molar-refractivity contribution in [3.8, 4) is 0 Å². The number of hydrogen-bond acceptors (Lipinski definition) is 1. The lowest BCUT2D eigenvalue weighted by molar-refractivity contribution is -0.121. The van der Waals surface area contributed by atoms with Gasteiger partial charge in [0.2, 0.25) is 0 Å². The first-order chi connectivity index (χ1) is 7.36. The minimum Gasteiger partial charge on any atom is -0.299 e. The van der Waals surface area contributed by atoms with Crippen molar-refractivity contribution < 1.29 is 4.79 Å². The average molecular weight is 202 g/mol. The average Bonchev–Trinajstić information content (AvgIpc) is 2.31. The Morgan fingerprint density at radius 3 is 2.87 bits per heavy atom. The highest BCUT2D eigenvalue weighted by Gasteiger charge is 2.17. The fraction of sp³-hybridized carbons (Fsp3) is 0.500. The first kappa shape index (κ1) is 10.4. The van der Waals surface area contributed by atoms with Crippen LogP contribution < -0.4 is 0 Å². The molecule has 0 unspecified atom stereocenters. The highest BCUT2D eigenvalue weighted by atomic mass is 16.1. The van der Waals surface area contributed by atoms with Crippen molar-refractivity contribution in [2.75, 3.05) is 0 Å². The predicted molar refractivity (Wildman–Crippen MR) is 62.6 cm³/mol. The van der Waals surface area contributed by atoms with E-state index >= 15 is 0 Å². The van der Waals surface area contributed by atoms with Crippen LogP contribution in [0.1, 0.15) is 38.5 Å². The molecule has 0 aromatic rings. The predicted octanol–water partition coefficient (Wildman–Crippen LogP) is 3.58. The molecule has 1 heteroatoms. The summed E-state index contributed by atoms with van der Waals surface area (Å²) in [5, 5.41) is 0. The largest absolute Gasteiger partial charge is 0.299 e. The molecule has 80 valence electrons. The maximum absolute atomic E-state index is 11.9. The van der Waals surface area contributed by atoms with E-state index in [0.29, 0.717) is 12.2 Å². The quantitative estimate of drug-likeness (QED) is 0.639. The van der Waals surface area contributed by atoms with Gasteiger partial charge < -0.3 is 0 Å². The zero-order chi connectivity index (χ0) is 10.5. The van der Waals surface area contributed by atoms with Gasteiger partial charge in [0.25, 0.3) is 0 Å². The van der Waals surface area contributed by atoms with Gasteiger partial charge in [-0.3, -0.25) is 4.79 Å². The van der Waals surface area contributed by atoms with Crippen molar-refractivity contribution in [3.63, 3.8) is 0 Å². The smallest absolute Gasteiger partial charge is 0.144 e. The van der Waals surface area contributed by atoms with Gasteiger partial charge in [0.1, 0.15) is 5.78 Å². The van der Waals surface area contributed by atoms with Crippen LogP contribution in [0.3, 0.4) is 0 Å². The summed E-state index contributed by atoms with van der Waals surface area (Å²) in [6.07, 6.45) is 16.9. The topological polar surface area (TPSA) is 17.1 Å². The number of hydrogen-bond donors (Lipinski definition) is 0. The van der Waals surface area contributed by atoms with Crippen LogP contribution in [0.15, 0.2) is 36.0 Å². The van der Waals surface area contributed by atoms with Crippen molar-refractivity contribution in [3.05, 3.63) is 36.0 Å². The van der Waals surface area contributed by atoms with Crippen molar-refractivity contribution in [1.29, 1.82) is 0 Å². The Hall–Kier alpha value is -1.11. The second-order valence-corrected chi connectivity index (χ2v) is 4.37. The van der Waals surface area contributed by atoms with E-state index in [4.69, 9.17) is 0 Å². The summed E-state index contributed by atoms with van der Waals surface area (Å²) < 4.78 is 0. The number of carbonyl (C=O) groups is 1. The molecule has 2 rings (SSSR count). The van der Waals surface area contributed by atoms with Crippen LogP contribution >= 0.6 is 0 Å². The van der Waals surface area contributed by atoms with Gasteiger partial charge in [0.15, 0.2) is 0 Å². The summed E-state index contributed by atoms with van der Waals surface area (Å²) in [6, 6.07) is 0. The molecule has 0 amide bonds. The van der Waals surface area contributed by atoms with E-state index < -0.39 is 0 Å². The minimum atomic E-state index is 0.190. The van der Waals surface area contributed by atoms with Gasteiger partial charge in [0, 0.05) is 12.3 Å². The van der Waals surface area contributed by atoms with Gasteiger partial charge in [-0.25, -0.2) is 0 Å². The van der Waals surface area contributed by atoms with Gasteiger partial charge >= 0.3 is 0 Å². The van der Waals surface area contributed by atoms with Gasteiger partial charge in [-0.05, 0) is 37.7 Å². The standard InChI is InChI=1S/C14H18O/c15-14(13-9-5-2-6-10-13)11-12-7-3-1-4-8-12/h3,5,7-9,13H,1-2,4,6,10-11H2/t13-/m0/s1. The normalized spacial score (nSPS) is 25.1. The van der Waals surface area contributed by atoms with Crippen LogP contribution in [-0.4, -0.2) is 5.78 Å². The van der Waals surface area contributed by atoms with Crippen LogP contribution in [0, 0.1) is 5.92 Å². The molecule has 0 aromatic carbocycles. The third-order valence-corrected chi connectivity index (χ3v) is 3.12. The van der Waals surface area contributed by atoms with Gasteiger partial charge in [-0.1, -0.05) is 30.4 Å². The van der Waals surface area contributed by atoms with Crippen molar-refractivity contribution in [1.82, 2.24) is 0 Å². The van der Waals surface area contributed by atoms with E-state index in [0.717, 1.165) is 25.7 Å². The van der Waals surface area contributed by atoms with Gasteiger partial charge in [0.05, 0.1) is 0 Å². The molecule has 1 atom stereocenters. The molecule has 0 N–H and O–H groups in total. The Labute approximate surface area is 91.6 Å². The second kappa shape index (κ2) is 5.11. The van der Waals surface area contributed by atoms with Crippen molar-refractivity contribution in [2.45, 2.75) is 38.5 Å². The van der Waals surface area contributed by atoms with Gasteiger partial charge in [-0.2, -0.15) is 0 Å². The summed E-state index contributed by atoms with van der Waals surface area (Å²) in [7, 11) is 0. The Balaban J connectivity index is 1.91. The second-order valence-electron chi connectivity index (χ2n) is 4.37. The van der Waals surface area contributed by atoms with Gasteiger partial charge in [-0.15, -0.1) is 0 Å². The fourth-order valence-electron chi connectivity index (χ4n) is 2.21. The van der Waals surface area contributed by atoms with Crippen LogP contribution in [0.2, 0.25) is 0 Å². The van der Waals surface area contributed by atoms with E-state index in [1.54, 1.807) is 0 Å². The highest BCUT2D eigenvalue weighted by molar-refractivity contribution is 5.85. The molecular weight excluding hydrogens is 184 g/mol. The summed E-state index contributed by atoms with van der Waals surface area (Å²) in [5.74, 6) is 0.582. The summed E-state index contributed by atoms with van der Waals surface area (Å²) >= 11 is 0. The number of rotatable bonds is 3. The lowest BCUT2D eigenvalue weighted by Gasteiger charge is -2.15. The van der Waals surface area contributed by atoms with E-state index in [-0.39, 0.29) is 5.92 Å². The van der Waals surface area contributed by atoms with E-state index in [2.05, 4.69) is 30.4 Å². The van der Waals surface area contributed by atoms with E-state index in [1.807, 2.05) is 0 Å². The summed E-state index contributed by atoms with van der Waals surface area (Å²) in [5.41, 5.74) is 1.21. The molecule has 0 fully saturated rings. The number of Topliss-reactive ketones (excluding diaryl/α,β-unsaturated/α-hetero) is 1. The Bertz CT molecular complexity index is 320. The van der Waals surface area contributed by atoms with Crippen LogP contribution in [0.4, 0.5) is 0 Å². The maximum Gasteiger partial charge on any atom is 0.144 e. The van der Waals surface area contributed by atoms with Crippen LogP contribution in [-0.2, 0) is 4.79 Å². The molecule has 1 nitrogen and oxygen atoms in total. The SMILES string of the molecule is O=C(CC1=CCCC=C1)[C@H]1C=CCCC1. The number of allylic oxidation sites excluding steroid dienone is 6. The fourth-order valence-corrected chi connectivity index (χ4v) is 2.21. The third-order valence-electron chi connectivity index (χ3n) is 3.12. The molecule has 0 bridgehead atoms. The van der Waals surface area contributed by atoms with Crippen molar-refractivity contribution in [2.24, 2.45) is 5.92 Å². The minimum absolute atomic E-state index is 0.190. The summed E-state index contributed by atoms with van der Waals surface area (Å²) in [6.45, 7) is 0. The molecule has 0 aliphatic heterocycles. The molecular formula is C14H18O. The molecule has 0 saturated carbocycles. The molecule has 2 aliphatic rings. The molecule has 2 aliphatic carbocycles. The van der Waals surface area contributed by atoms with E-state index in [9.17, 15) is 4.79 Å². The van der Waals surface area contributed by atoms with Crippen LogP contribution in [0.25, 0.3) is 0 Å².